The molecule has 0 aliphatic heterocycles. The number of nitrogens with one attached hydrogen (secondary N) is 2. The largest absolute Gasteiger partial charge is 0.400 e. The van der Waals surface area contributed by atoms with Crippen molar-refractivity contribution in [2.24, 2.45) is 10.8 Å². The first-order chi connectivity index (χ1) is 14.7. The number of carbonyl (C=O) groups is 1. The Bertz CT molecular complexity index is 403. The summed E-state index contributed by atoms with van der Waals surface area (Å²) in [5, 5.41) is 21.7. The van der Waals surface area contributed by atoms with E-state index < -0.39 is 0 Å². The first kappa shape index (κ1) is 32.4. The quantitative estimate of drug-likeness (QED) is 0.214. The van der Waals surface area contributed by atoms with Crippen LogP contribution in [0.15, 0.2) is 0 Å². The second-order valence-corrected chi connectivity index (χ2v) is 9.54. The smallest absolute Gasteiger partial charge is 0.220 e. The van der Waals surface area contributed by atoms with Gasteiger partial charge in [0.15, 0.2) is 0 Å². The SMILES string of the molecule is CNCCCCC(C)(C)CCC(C)(C)CCCC(=O)NCCOCCOCCO.CO. The zero-order chi connectivity index (χ0) is 24.0. The van der Waals surface area contributed by atoms with Crippen LogP contribution in [-0.2, 0) is 14.3 Å². The van der Waals surface area contributed by atoms with Gasteiger partial charge in [0.25, 0.3) is 0 Å². The van der Waals surface area contributed by atoms with Crippen molar-refractivity contribution in [1.82, 2.24) is 10.6 Å². The summed E-state index contributed by atoms with van der Waals surface area (Å²) in [7, 11) is 3.01. The molecule has 0 aromatic rings. The highest BCUT2D eigenvalue weighted by molar-refractivity contribution is 5.75. The van der Waals surface area contributed by atoms with Gasteiger partial charge in [0.05, 0.1) is 33.0 Å². The van der Waals surface area contributed by atoms with Gasteiger partial charge >= 0.3 is 0 Å². The minimum atomic E-state index is 0.0294. The second-order valence-electron chi connectivity index (χ2n) is 9.54. The third-order valence-electron chi connectivity index (χ3n) is 5.44. The molecule has 0 saturated heterocycles. The van der Waals surface area contributed by atoms with Gasteiger partial charge in [-0.3, -0.25) is 4.79 Å². The predicted molar refractivity (Wildman–Crippen MR) is 128 cm³/mol. The Hall–Kier alpha value is -0.730. The molecule has 0 atom stereocenters. The third kappa shape index (κ3) is 23.8. The van der Waals surface area contributed by atoms with Crippen molar-refractivity contribution in [2.75, 3.05) is 60.3 Å². The first-order valence-corrected chi connectivity index (χ1v) is 11.8. The molecule has 0 rings (SSSR count). The molecule has 0 unspecified atom stereocenters. The Morgan fingerprint density at radius 1 is 0.774 bits per heavy atom. The summed E-state index contributed by atoms with van der Waals surface area (Å²) in [5.41, 5.74) is 0.672. The van der Waals surface area contributed by atoms with Crippen molar-refractivity contribution in [3.05, 3.63) is 0 Å². The average Bonchev–Trinajstić information content (AvgIpc) is 2.73. The Morgan fingerprint density at radius 2 is 1.32 bits per heavy atom. The third-order valence-corrected chi connectivity index (χ3v) is 5.44. The molecule has 7 heteroatoms. The lowest BCUT2D eigenvalue weighted by atomic mass is 9.75. The van der Waals surface area contributed by atoms with E-state index >= 15 is 0 Å². The van der Waals surface area contributed by atoms with Crippen LogP contribution in [0.4, 0.5) is 0 Å². The number of aliphatic hydroxyl groups excluding tert-OH is 2. The van der Waals surface area contributed by atoms with Gasteiger partial charge in [-0.15, -0.1) is 0 Å². The number of rotatable bonds is 20. The second kappa shape index (κ2) is 21.1. The Kier molecular flexibility index (Phi) is 22.1. The van der Waals surface area contributed by atoms with E-state index in [1.54, 1.807) is 0 Å². The predicted octanol–water partition coefficient (Wildman–Crippen LogP) is 3.13. The molecular formula is C24H52N2O5. The van der Waals surface area contributed by atoms with E-state index in [4.69, 9.17) is 19.7 Å². The summed E-state index contributed by atoms with van der Waals surface area (Å²) >= 11 is 0. The highest BCUT2D eigenvalue weighted by atomic mass is 16.5. The van der Waals surface area contributed by atoms with Gasteiger partial charge in [-0.05, 0) is 62.9 Å². The Balaban J connectivity index is 0. The van der Waals surface area contributed by atoms with Crippen molar-refractivity contribution in [3.63, 3.8) is 0 Å². The van der Waals surface area contributed by atoms with E-state index in [0.717, 1.165) is 26.5 Å². The molecule has 7 nitrogen and oxygen atoms in total. The summed E-state index contributed by atoms with van der Waals surface area (Å²) < 4.78 is 10.5. The van der Waals surface area contributed by atoms with Crippen molar-refractivity contribution in [3.8, 4) is 0 Å². The van der Waals surface area contributed by atoms with Crippen molar-refractivity contribution >= 4 is 5.91 Å². The summed E-state index contributed by atoms with van der Waals surface area (Å²) in [6.45, 7) is 12.9. The molecule has 0 aliphatic rings. The van der Waals surface area contributed by atoms with Crippen LogP contribution in [0.5, 0.6) is 0 Å². The lowest BCUT2D eigenvalue weighted by Crippen LogP contribution is -2.27. The first-order valence-electron chi connectivity index (χ1n) is 11.8. The van der Waals surface area contributed by atoms with E-state index in [-0.39, 0.29) is 17.9 Å². The number of unbranched alkanes of at least 4 members (excludes halogenated alkanes) is 1. The maximum absolute atomic E-state index is 12.0. The number of carbonyl (C=O) groups excluding carboxylic acids is 1. The molecule has 0 aromatic carbocycles. The standard InChI is InChI=1S/C23H48N2O4.CH4O/c1-22(2,10-6-7-14-24-5)12-13-23(3,4)11-8-9-21(27)25-15-17-28-19-20-29-18-16-26;1-2/h24,26H,6-20H2,1-5H3,(H,25,27);2H,1H3. The summed E-state index contributed by atoms with van der Waals surface area (Å²) in [6, 6.07) is 0. The molecule has 1 amide bonds. The van der Waals surface area contributed by atoms with Crippen LogP contribution in [0.1, 0.15) is 79.1 Å². The van der Waals surface area contributed by atoms with Gasteiger partial charge in [0.2, 0.25) is 5.91 Å². The molecule has 0 saturated carbocycles. The average molecular weight is 449 g/mol. The maximum Gasteiger partial charge on any atom is 0.220 e. The summed E-state index contributed by atoms with van der Waals surface area (Å²) in [4.78, 5) is 12.0. The van der Waals surface area contributed by atoms with Gasteiger partial charge < -0.3 is 30.3 Å². The Morgan fingerprint density at radius 3 is 1.87 bits per heavy atom. The number of aliphatic hydroxyl groups is 2. The summed E-state index contributed by atoms with van der Waals surface area (Å²) in [5.74, 6) is 0.103. The number of hydrogen-bond donors (Lipinski definition) is 4. The number of ether oxygens (including phenoxy) is 2. The fourth-order valence-corrected chi connectivity index (χ4v) is 3.30. The van der Waals surface area contributed by atoms with Gasteiger partial charge in [0, 0.05) is 20.1 Å². The van der Waals surface area contributed by atoms with E-state index in [1.807, 2.05) is 7.05 Å². The molecule has 0 aromatic heterocycles. The van der Waals surface area contributed by atoms with Crippen LogP contribution in [0.2, 0.25) is 0 Å². The summed E-state index contributed by atoms with van der Waals surface area (Å²) in [6.07, 6.45) is 8.85. The molecule has 4 N–H and O–H groups in total. The molecule has 0 bridgehead atoms. The molecular weight excluding hydrogens is 396 g/mol. The molecule has 0 fully saturated rings. The van der Waals surface area contributed by atoms with Gasteiger partial charge in [0.1, 0.15) is 0 Å². The van der Waals surface area contributed by atoms with E-state index in [2.05, 4.69) is 38.3 Å². The number of amides is 1. The van der Waals surface area contributed by atoms with Crippen LogP contribution in [0.3, 0.4) is 0 Å². The minimum Gasteiger partial charge on any atom is -0.400 e. The highest BCUT2D eigenvalue weighted by Gasteiger charge is 2.24. The van der Waals surface area contributed by atoms with Crippen LogP contribution >= 0.6 is 0 Å². The molecule has 31 heavy (non-hydrogen) atoms. The molecule has 0 heterocycles. The van der Waals surface area contributed by atoms with Gasteiger partial charge in [-0.2, -0.15) is 0 Å². The van der Waals surface area contributed by atoms with Crippen LogP contribution in [-0.4, -0.2) is 76.4 Å². The molecule has 0 aliphatic carbocycles. The minimum absolute atomic E-state index is 0.0294. The van der Waals surface area contributed by atoms with Crippen molar-refractivity contribution < 1.29 is 24.5 Å². The topological polar surface area (TPSA) is 100 Å². The zero-order valence-corrected chi connectivity index (χ0v) is 21.2. The van der Waals surface area contributed by atoms with Gasteiger partial charge in [-0.25, -0.2) is 0 Å². The maximum atomic E-state index is 12.0. The van der Waals surface area contributed by atoms with E-state index in [1.165, 1.54) is 32.1 Å². The lowest BCUT2D eigenvalue weighted by molar-refractivity contribution is -0.121. The zero-order valence-electron chi connectivity index (χ0n) is 21.2. The van der Waals surface area contributed by atoms with Crippen LogP contribution in [0, 0.1) is 10.8 Å². The van der Waals surface area contributed by atoms with E-state index in [9.17, 15) is 4.79 Å². The number of hydrogen-bond acceptors (Lipinski definition) is 6. The normalized spacial score (nSPS) is 11.7. The molecule has 188 valence electrons. The highest BCUT2D eigenvalue weighted by Crippen LogP contribution is 2.37. The van der Waals surface area contributed by atoms with Crippen molar-refractivity contribution in [1.29, 1.82) is 0 Å². The monoisotopic (exact) mass is 448 g/mol. The van der Waals surface area contributed by atoms with Crippen LogP contribution < -0.4 is 10.6 Å². The van der Waals surface area contributed by atoms with Crippen molar-refractivity contribution in [2.45, 2.75) is 79.1 Å². The molecule has 0 spiro atoms. The van der Waals surface area contributed by atoms with Crippen LogP contribution in [0.25, 0.3) is 0 Å². The lowest BCUT2D eigenvalue weighted by Gasteiger charge is -2.31. The van der Waals surface area contributed by atoms with E-state index in [0.29, 0.717) is 44.8 Å². The fourth-order valence-electron chi connectivity index (χ4n) is 3.30. The Labute approximate surface area is 191 Å². The van der Waals surface area contributed by atoms with Gasteiger partial charge in [-0.1, -0.05) is 34.1 Å². The fraction of sp³-hybridized carbons (Fsp3) is 0.958. The molecule has 0 radical (unpaired) electrons.